The Morgan fingerprint density at radius 3 is 2.62 bits per heavy atom. The van der Waals surface area contributed by atoms with Crippen molar-refractivity contribution in [2.45, 2.75) is 11.9 Å². The molecule has 0 unspecified atom stereocenters. The maximum Gasteiger partial charge on any atom is 0.0354 e. The van der Waals surface area contributed by atoms with Crippen LogP contribution in [0.15, 0.2) is 23.2 Å². The Balaban J connectivity index is 3.08. The molecule has 0 aromatic carbocycles. The minimum absolute atomic E-state index is 0.671. The Labute approximate surface area is 54.2 Å². The van der Waals surface area contributed by atoms with Gasteiger partial charge in [0.2, 0.25) is 0 Å². The predicted molar refractivity (Wildman–Crippen MR) is 34.6 cm³/mol. The molecule has 0 fully saturated rings. The van der Waals surface area contributed by atoms with E-state index in [2.05, 4.69) is 4.98 Å². The number of aromatic nitrogens is 1. The van der Waals surface area contributed by atoms with Crippen LogP contribution in [0.3, 0.4) is 0 Å². The second kappa shape index (κ2) is 2.09. The highest BCUT2D eigenvalue weighted by molar-refractivity contribution is 7.58. The van der Waals surface area contributed by atoms with Gasteiger partial charge in [-0.05, 0) is 13.0 Å². The Morgan fingerprint density at radius 2 is 2.25 bits per heavy atom. The lowest BCUT2D eigenvalue weighted by Crippen LogP contribution is -1.80. The summed E-state index contributed by atoms with van der Waals surface area (Å²) >= 11 is 4.79. The van der Waals surface area contributed by atoms with Crippen LogP contribution in [0, 0.1) is 6.92 Å². The van der Waals surface area contributed by atoms with Crippen LogP contribution in [0.25, 0.3) is 0 Å². The highest BCUT2D eigenvalue weighted by Gasteiger charge is 1.76. The molecule has 1 heterocycles. The Bertz CT molecular complexity index is 168. The van der Waals surface area contributed by atoms with Gasteiger partial charge in [0.05, 0.1) is 0 Å². The number of pyridine rings is 1. The summed E-state index contributed by atoms with van der Waals surface area (Å²) in [4.78, 5) is 3.99. The fourth-order valence-electron chi connectivity index (χ4n) is 0.518. The van der Waals surface area contributed by atoms with Gasteiger partial charge in [0.25, 0.3) is 0 Å². The van der Waals surface area contributed by atoms with Crippen LogP contribution in [-0.4, -0.2) is 4.98 Å². The summed E-state index contributed by atoms with van der Waals surface area (Å²) in [6, 6.07) is 5.64. The summed E-state index contributed by atoms with van der Waals surface area (Å²) in [6.07, 6.45) is 0. The maximum absolute atomic E-state index is 4.79. The molecule has 0 aliphatic carbocycles. The molecule has 0 saturated heterocycles. The van der Waals surface area contributed by atoms with Crippen LogP contribution >= 0.6 is 0 Å². The summed E-state index contributed by atoms with van der Waals surface area (Å²) in [6.45, 7) is 1.93. The molecule has 0 atom stereocenters. The molecule has 0 aliphatic rings. The zero-order valence-electron chi connectivity index (χ0n) is 4.59. The molecule has 1 rings (SSSR count). The molecule has 0 aliphatic heterocycles. The summed E-state index contributed by atoms with van der Waals surface area (Å²) < 4.78 is 0. The smallest absolute Gasteiger partial charge is 0.0354 e. The summed E-state index contributed by atoms with van der Waals surface area (Å²) in [5, 5.41) is 0.671. The number of nitrogens with zero attached hydrogens (tertiary/aromatic N) is 1. The van der Waals surface area contributed by atoms with Crippen molar-refractivity contribution in [3.8, 4) is 0 Å². The van der Waals surface area contributed by atoms with Crippen molar-refractivity contribution in [1.29, 1.82) is 0 Å². The van der Waals surface area contributed by atoms with Gasteiger partial charge in [-0.2, -0.15) is 0 Å². The standard InChI is InChI=1S/C6H7NS/c1-5-3-2-4-6(8)7-5/h2-4H,1H3,(H,7,8)/p-1. The second-order valence-electron chi connectivity index (χ2n) is 1.62. The number of hydrogen-bond acceptors (Lipinski definition) is 2. The lowest BCUT2D eigenvalue weighted by molar-refractivity contribution is 1.07. The molecule has 0 spiro atoms. The van der Waals surface area contributed by atoms with Gasteiger partial charge in [0, 0.05) is 5.69 Å². The van der Waals surface area contributed by atoms with Crippen LogP contribution in [-0.2, 0) is 12.6 Å². The second-order valence-corrected chi connectivity index (χ2v) is 2.04. The van der Waals surface area contributed by atoms with Crippen LogP contribution in [0.4, 0.5) is 0 Å². The van der Waals surface area contributed by atoms with E-state index in [0.29, 0.717) is 5.03 Å². The van der Waals surface area contributed by atoms with E-state index in [9.17, 15) is 0 Å². The van der Waals surface area contributed by atoms with Crippen molar-refractivity contribution in [2.24, 2.45) is 0 Å². The molecule has 42 valence electrons. The highest BCUT2D eigenvalue weighted by Crippen LogP contribution is 1.94. The molecular weight excluding hydrogens is 118 g/mol. The fraction of sp³-hybridized carbons (Fsp3) is 0.167. The van der Waals surface area contributed by atoms with E-state index >= 15 is 0 Å². The predicted octanol–water partition coefficient (Wildman–Crippen LogP) is 1.30. The van der Waals surface area contributed by atoms with E-state index in [1.165, 1.54) is 0 Å². The minimum Gasteiger partial charge on any atom is -0.760 e. The van der Waals surface area contributed by atoms with E-state index in [4.69, 9.17) is 12.6 Å². The molecular formula is C6H6NS-. The van der Waals surface area contributed by atoms with Gasteiger partial charge in [0.1, 0.15) is 0 Å². The van der Waals surface area contributed by atoms with E-state index in [-0.39, 0.29) is 0 Å². The molecule has 2 heteroatoms. The SMILES string of the molecule is Cc1cccc([S-])n1. The van der Waals surface area contributed by atoms with Gasteiger partial charge < -0.3 is 12.6 Å². The quantitative estimate of drug-likeness (QED) is 0.483. The van der Waals surface area contributed by atoms with E-state index in [1.54, 1.807) is 0 Å². The normalized spacial score (nSPS) is 9.12. The largest absolute Gasteiger partial charge is 0.760 e. The number of rotatable bonds is 0. The van der Waals surface area contributed by atoms with Gasteiger partial charge in [-0.1, -0.05) is 17.2 Å². The zero-order chi connectivity index (χ0) is 5.98. The number of hydrogen-bond donors (Lipinski definition) is 0. The molecule has 8 heavy (non-hydrogen) atoms. The van der Waals surface area contributed by atoms with Crippen molar-refractivity contribution in [1.82, 2.24) is 4.98 Å². The van der Waals surface area contributed by atoms with Crippen LogP contribution in [0.2, 0.25) is 0 Å². The van der Waals surface area contributed by atoms with Gasteiger partial charge >= 0.3 is 0 Å². The first kappa shape index (κ1) is 5.51. The molecule has 0 saturated carbocycles. The highest BCUT2D eigenvalue weighted by atomic mass is 32.1. The molecule has 0 amide bonds. The monoisotopic (exact) mass is 124 g/mol. The lowest BCUT2D eigenvalue weighted by atomic mass is 10.4. The first-order valence-corrected chi connectivity index (χ1v) is 2.80. The summed E-state index contributed by atoms with van der Waals surface area (Å²) in [5.74, 6) is 0. The summed E-state index contributed by atoms with van der Waals surface area (Å²) in [5.41, 5.74) is 0.984. The maximum atomic E-state index is 4.79. The summed E-state index contributed by atoms with van der Waals surface area (Å²) in [7, 11) is 0. The molecule has 1 nitrogen and oxygen atoms in total. The molecule has 0 radical (unpaired) electrons. The molecule has 1 aromatic heterocycles. The minimum atomic E-state index is 0.671. The van der Waals surface area contributed by atoms with Gasteiger partial charge in [-0.25, -0.2) is 0 Å². The average molecular weight is 124 g/mol. The Kier molecular flexibility index (Phi) is 1.44. The van der Waals surface area contributed by atoms with Crippen molar-refractivity contribution in [3.05, 3.63) is 23.9 Å². The molecule has 0 N–H and O–H groups in total. The third-order valence-electron chi connectivity index (χ3n) is 0.863. The molecule has 0 bridgehead atoms. The van der Waals surface area contributed by atoms with Crippen LogP contribution in [0.1, 0.15) is 5.69 Å². The zero-order valence-corrected chi connectivity index (χ0v) is 5.40. The average Bonchev–Trinajstić information content (AvgIpc) is 1.64. The Morgan fingerprint density at radius 1 is 1.50 bits per heavy atom. The lowest BCUT2D eigenvalue weighted by Gasteiger charge is -2.01. The third-order valence-corrected chi connectivity index (χ3v) is 1.09. The van der Waals surface area contributed by atoms with Gasteiger partial charge in [-0.15, -0.1) is 0 Å². The topological polar surface area (TPSA) is 12.9 Å². The van der Waals surface area contributed by atoms with Crippen LogP contribution < -0.4 is 0 Å². The number of aryl methyl sites for hydroxylation is 1. The van der Waals surface area contributed by atoms with E-state index in [0.717, 1.165) is 5.69 Å². The molecule has 1 aromatic rings. The van der Waals surface area contributed by atoms with Gasteiger partial charge in [0.15, 0.2) is 0 Å². The first-order chi connectivity index (χ1) is 3.79. The van der Waals surface area contributed by atoms with E-state index in [1.807, 2.05) is 25.1 Å². The van der Waals surface area contributed by atoms with E-state index < -0.39 is 0 Å². The van der Waals surface area contributed by atoms with Crippen molar-refractivity contribution in [3.63, 3.8) is 0 Å². The first-order valence-electron chi connectivity index (χ1n) is 2.40. The van der Waals surface area contributed by atoms with Crippen molar-refractivity contribution >= 4 is 12.6 Å². The third kappa shape index (κ3) is 1.17. The van der Waals surface area contributed by atoms with Gasteiger partial charge in [-0.3, -0.25) is 4.98 Å². The Hall–Kier alpha value is -0.630. The van der Waals surface area contributed by atoms with Crippen LogP contribution in [0.5, 0.6) is 0 Å². The van der Waals surface area contributed by atoms with Crippen molar-refractivity contribution < 1.29 is 0 Å². The fourth-order valence-corrected chi connectivity index (χ4v) is 0.741. The van der Waals surface area contributed by atoms with Crippen molar-refractivity contribution in [2.75, 3.05) is 0 Å².